The molecule has 2 aromatic heterocycles. The second-order valence-corrected chi connectivity index (χ2v) is 5.14. The van der Waals surface area contributed by atoms with Crippen molar-refractivity contribution in [3.05, 3.63) is 47.9 Å². The van der Waals surface area contributed by atoms with Crippen LogP contribution in [0.25, 0.3) is 11.0 Å². The van der Waals surface area contributed by atoms with Gasteiger partial charge >= 0.3 is 0 Å². The molecule has 0 bridgehead atoms. The average molecular weight is 281 g/mol. The number of hydrogen-bond acceptors (Lipinski definition) is 4. The van der Waals surface area contributed by atoms with Gasteiger partial charge in [-0.25, -0.2) is 9.97 Å². The number of fused-ring (bicyclic) bond motifs is 1. The van der Waals surface area contributed by atoms with Gasteiger partial charge in [-0.2, -0.15) is 5.10 Å². The maximum atomic E-state index is 4.55. The molecule has 0 saturated heterocycles. The summed E-state index contributed by atoms with van der Waals surface area (Å²) in [6.07, 6.45) is 1.62. The topological polar surface area (TPSA) is 46.8 Å². The van der Waals surface area contributed by atoms with Gasteiger partial charge in [0.15, 0.2) is 5.82 Å². The summed E-state index contributed by atoms with van der Waals surface area (Å²) in [5, 5.41) is 4.55. The van der Waals surface area contributed by atoms with Gasteiger partial charge in [0.1, 0.15) is 17.4 Å². The second-order valence-electron chi connectivity index (χ2n) is 5.14. The Balaban J connectivity index is 2.03. The monoisotopic (exact) mass is 281 g/mol. The number of aryl methyl sites for hydroxylation is 2. The Morgan fingerprint density at radius 2 is 1.90 bits per heavy atom. The molecular formula is C16H19N5. The highest BCUT2D eigenvalue weighted by atomic mass is 15.3. The molecule has 0 aliphatic heterocycles. The molecule has 0 spiro atoms. The molecule has 2 heterocycles. The normalized spacial score (nSPS) is 11.0. The van der Waals surface area contributed by atoms with Crippen LogP contribution in [-0.4, -0.2) is 26.8 Å². The average Bonchev–Trinajstić information content (AvgIpc) is 2.85. The molecule has 5 heteroatoms. The van der Waals surface area contributed by atoms with Crippen molar-refractivity contribution in [1.82, 2.24) is 19.7 Å². The van der Waals surface area contributed by atoms with E-state index in [1.807, 2.05) is 17.7 Å². The van der Waals surface area contributed by atoms with Gasteiger partial charge in [0.05, 0.1) is 5.69 Å². The molecule has 0 aliphatic rings. The van der Waals surface area contributed by atoms with E-state index in [0.717, 1.165) is 35.6 Å². The number of benzene rings is 1. The number of anilines is 1. The second kappa shape index (κ2) is 5.52. The Morgan fingerprint density at radius 1 is 1.14 bits per heavy atom. The largest absolute Gasteiger partial charge is 0.353 e. The van der Waals surface area contributed by atoms with Crippen molar-refractivity contribution >= 4 is 16.9 Å². The van der Waals surface area contributed by atoms with Crippen LogP contribution in [0.3, 0.4) is 0 Å². The summed E-state index contributed by atoms with van der Waals surface area (Å²) in [6.45, 7) is 5.69. The lowest BCUT2D eigenvalue weighted by Gasteiger charge is -2.19. The summed E-state index contributed by atoms with van der Waals surface area (Å²) in [6, 6.07) is 10.4. The zero-order chi connectivity index (χ0) is 14.8. The zero-order valence-corrected chi connectivity index (χ0v) is 12.6. The summed E-state index contributed by atoms with van der Waals surface area (Å²) in [7, 11) is 2.05. The SMILES string of the molecule is CCn1nc(C)c2ncnc(N(C)Cc3ccccc3)c21. The Morgan fingerprint density at radius 3 is 2.62 bits per heavy atom. The molecule has 0 atom stereocenters. The predicted molar refractivity (Wildman–Crippen MR) is 84.3 cm³/mol. The van der Waals surface area contributed by atoms with Crippen LogP contribution in [0.1, 0.15) is 18.2 Å². The lowest BCUT2D eigenvalue weighted by molar-refractivity contribution is 0.674. The number of nitrogens with zero attached hydrogens (tertiary/aromatic N) is 5. The summed E-state index contributed by atoms with van der Waals surface area (Å²) < 4.78 is 1.97. The molecule has 3 rings (SSSR count). The van der Waals surface area contributed by atoms with Crippen molar-refractivity contribution in [2.75, 3.05) is 11.9 Å². The van der Waals surface area contributed by atoms with Gasteiger partial charge in [-0.3, -0.25) is 4.68 Å². The van der Waals surface area contributed by atoms with Crippen molar-refractivity contribution in [3.8, 4) is 0 Å². The Hall–Kier alpha value is -2.43. The van der Waals surface area contributed by atoms with E-state index in [1.165, 1.54) is 5.56 Å². The predicted octanol–water partition coefficient (Wildman–Crippen LogP) is 2.79. The molecule has 0 aliphatic carbocycles. The van der Waals surface area contributed by atoms with E-state index in [2.05, 4.69) is 58.2 Å². The third kappa shape index (κ3) is 2.46. The van der Waals surface area contributed by atoms with E-state index in [0.29, 0.717) is 0 Å². The molecular weight excluding hydrogens is 262 g/mol. The highest BCUT2D eigenvalue weighted by Crippen LogP contribution is 2.25. The standard InChI is InChI=1S/C16H19N5/c1-4-21-15-14(12(2)19-21)17-11-18-16(15)20(3)10-13-8-6-5-7-9-13/h5-9,11H,4,10H2,1-3H3. The highest BCUT2D eigenvalue weighted by Gasteiger charge is 2.16. The molecule has 0 fully saturated rings. The minimum atomic E-state index is 0.806. The van der Waals surface area contributed by atoms with Crippen molar-refractivity contribution < 1.29 is 0 Å². The lowest BCUT2D eigenvalue weighted by atomic mass is 10.2. The van der Waals surface area contributed by atoms with Crippen molar-refractivity contribution in [1.29, 1.82) is 0 Å². The van der Waals surface area contributed by atoms with E-state index in [-0.39, 0.29) is 0 Å². The molecule has 3 aromatic rings. The fraction of sp³-hybridized carbons (Fsp3) is 0.312. The lowest BCUT2D eigenvalue weighted by Crippen LogP contribution is -2.19. The van der Waals surface area contributed by atoms with Crippen LogP contribution in [-0.2, 0) is 13.1 Å². The fourth-order valence-corrected chi connectivity index (χ4v) is 2.59. The van der Waals surface area contributed by atoms with E-state index < -0.39 is 0 Å². The molecule has 0 amide bonds. The van der Waals surface area contributed by atoms with Crippen LogP contribution in [0.2, 0.25) is 0 Å². The summed E-state index contributed by atoms with van der Waals surface area (Å²) in [5.74, 6) is 0.923. The maximum absolute atomic E-state index is 4.55. The van der Waals surface area contributed by atoms with Gasteiger partial charge in [0, 0.05) is 20.1 Å². The number of aromatic nitrogens is 4. The van der Waals surface area contributed by atoms with Gasteiger partial charge < -0.3 is 4.90 Å². The molecule has 0 radical (unpaired) electrons. The van der Waals surface area contributed by atoms with Crippen LogP contribution < -0.4 is 4.90 Å². The summed E-state index contributed by atoms with van der Waals surface area (Å²) >= 11 is 0. The quantitative estimate of drug-likeness (QED) is 0.738. The first-order valence-corrected chi connectivity index (χ1v) is 7.14. The molecule has 0 N–H and O–H groups in total. The maximum Gasteiger partial charge on any atom is 0.158 e. The molecule has 21 heavy (non-hydrogen) atoms. The van der Waals surface area contributed by atoms with Crippen LogP contribution in [0, 0.1) is 6.92 Å². The molecule has 108 valence electrons. The molecule has 1 aromatic carbocycles. The minimum Gasteiger partial charge on any atom is -0.353 e. The van der Waals surface area contributed by atoms with Crippen LogP contribution in [0.5, 0.6) is 0 Å². The first-order valence-electron chi connectivity index (χ1n) is 7.14. The first-order chi connectivity index (χ1) is 10.2. The third-order valence-corrected chi connectivity index (χ3v) is 3.60. The number of hydrogen-bond donors (Lipinski definition) is 0. The van der Waals surface area contributed by atoms with Crippen molar-refractivity contribution in [3.63, 3.8) is 0 Å². The van der Waals surface area contributed by atoms with E-state index >= 15 is 0 Å². The van der Waals surface area contributed by atoms with Crippen LogP contribution in [0.15, 0.2) is 36.7 Å². The Labute approximate surface area is 124 Å². The Bertz CT molecular complexity index is 748. The Kier molecular flexibility index (Phi) is 3.56. The van der Waals surface area contributed by atoms with Crippen LogP contribution in [0.4, 0.5) is 5.82 Å². The van der Waals surface area contributed by atoms with Gasteiger partial charge in [0.2, 0.25) is 0 Å². The number of rotatable bonds is 4. The van der Waals surface area contributed by atoms with E-state index in [4.69, 9.17) is 0 Å². The van der Waals surface area contributed by atoms with E-state index in [1.54, 1.807) is 6.33 Å². The smallest absolute Gasteiger partial charge is 0.158 e. The van der Waals surface area contributed by atoms with Crippen LogP contribution >= 0.6 is 0 Å². The zero-order valence-electron chi connectivity index (χ0n) is 12.6. The first kappa shape index (κ1) is 13.5. The third-order valence-electron chi connectivity index (χ3n) is 3.60. The van der Waals surface area contributed by atoms with Crippen molar-refractivity contribution in [2.45, 2.75) is 26.9 Å². The molecule has 0 unspecified atom stereocenters. The van der Waals surface area contributed by atoms with Gasteiger partial charge in [-0.15, -0.1) is 0 Å². The van der Waals surface area contributed by atoms with Gasteiger partial charge in [0.25, 0.3) is 0 Å². The highest BCUT2D eigenvalue weighted by molar-refractivity contribution is 5.87. The fourth-order valence-electron chi connectivity index (χ4n) is 2.59. The summed E-state index contributed by atoms with van der Waals surface area (Å²) in [4.78, 5) is 11.0. The minimum absolute atomic E-state index is 0.806. The van der Waals surface area contributed by atoms with Gasteiger partial charge in [-0.1, -0.05) is 30.3 Å². The van der Waals surface area contributed by atoms with E-state index in [9.17, 15) is 0 Å². The summed E-state index contributed by atoms with van der Waals surface area (Å²) in [5.41, 5.74) is 4.15. The molecule has 5 nitrogen and oxygen atoms in total. The molecule has 0 saturated carbocycles. The van der Waals surface area contributed by atoms with Crippen molar-refractivity contribution in [2.24, 2.45) is 0 Å². The van der Waals surface area contributed by atoms with Gasteiger partial charge in [-0.05, 0) is 19.4 Å².